The number of hydrogen-bond donors (Lipinski definition) is 2. The lowest BCUT2D eigenvalue weighted by atomic mass is 10.0. The normalized spacial score (nSPS) is 14.0. The number of halogens is 13. The molecule has 0 bridgehead atoms. The van der Waals surface area contributed by atoms with Crippen molar-refractivity contribution in [2.45, 2.75) is 129 Å². The second kappa shape index (κ2) is 35.4. The van der Waals surface area contributed by atoms with Gasteiger partial charge in [-0.2, -0.15) is 52.7 Å². The summed E-state index contributed by atoms with van der Waals surface area (Å²) in [4.78, 5) is 103. The van der Waals surface area contributed by atoms with E-state index < -0.39 is 125 Å². The van der Waals surface area contributed by atoms with Crippen molar-refractivity contribution in [1.29, 1.82) is 0 Å². The number of alkyl halides is 13. The molecule has 2 saturated heterocycles. The highest BCUT2D eigenvalue weighted by Crippen LogP contribution is 2.39. The maximum atomic E-state index is 13.3. The van der Waals surface area contributed by atoms with Crippen LogP contribution in [0.3, 0.4) is 0 Å². The molecule has 0 radical (unpaired) electrons. The number of ether oxygens (including phenoxy) is 2. The highest BCUT2D eigenvalue weighted by atomic mass is 35.5. The molecule has 0 aliphatic carbocycles. The van der Waals surface area contributed by atoms with Crippen molar-refractivity contribution in [1.82, 2.24) is 30.2 Å². The summed E-state index contributed by atoms with van der Waals surface area (Å²) in [6.45, 7) is 11.5. The third-order valence-electron chi connectivity index (χ3n) is 13.4. The van der Waals surface area contributed by atoms with Crippen LogP contribution in [0.25, 0.3) is 0 Å². The van der Waals surface area contributed by atoms with E-state index >= 15 is 0 Å². The van der Waals surface area contributed by atoms with E-state index in [-0.39, 0.29) is 98.6 Å². The average molecular weight is 1420 g/mol. The van der Waals surface area contributed by atoms with Gasteiger partial charge in [0.15, 0.2) is 0 Å². The number of nitro benzene ring substituents is 4. The Morgan fingerprint density at radius 3 is 1.30 bits per heavy atom. The molecule has 0 saturated carbocycles. The van der Waals surface area contributed by atoms with Crippen LogP contribution in [0.4, 0.5) is 75.4 Å². The predicted octanol–water partition coefficient (Wildman–Crippen LogP) is 11.6. The van der Waals surface area contributed by atoms with Crippen molar-refractivity contribution < 1.29 is 106 Å². The lowest BCUT2D eigenvalue weighted by molar-refractivity contribution is -0.385. The summed E-state index contributed by atoms with van der Waals surface area (Å²) < 4.78 is 168. The lowest BCUT2D eigenvalue weighted by Gasteiger charge is -2.32. The number of likely N-dealkylation sites (N-methyl/N-ethyl adjacent to an activating group) is 1. The number of carbonyl (C=O) groups is 5. The number of amides is 3. The van der Waals surface area contributed by atoms with Crippen LogP contribution in [0.15, 0.2) is 72.8 Å². The van der Waals surface area contributed by atoms with Gasteiger partial charge in [0.2, 0.25) is 17.7 Å². The number of nitrogens with zero attached hydrogens (tertiary/aromatic N) is 8. The van der Waals surface area contributed by atoms with Crippen molar-refractivity contribution in [3.05, 3.63) is 158 Å². The van der Waals surface area contributed by atoms with Crippen molar-refractivity contribution in [2.75, 3.05) is 65.3 Å². The number of carbonyl (C=O) groups excluding carboxylic acids is 5. The molecule has 4 aromatic carbocycles. The molecule has 0 aromatic heterocycles. The monoisotopic (exact) mass is 1420 g/mol. The fraction of sp³-hybridized carbons (Fsp3) is 0.508. The second-order valence-electron chi connectivity index (χ2n) is 23.4. The zero-order valence-electron chi connectivity index (χ0n) is 53.1. The fourth-order valence-corrected chi connectivity index (χ4v) is 9.08. The molecule has 3 amide bonds. The minimum absolute atomic E-state index is 0.0287. The molecule has 0 spiro atoms. The smallest absolute Gasteiger partial charge is 0.416 e. The van der Waals surface area contributed by atoms with Gasteiger partial charge in [-0.25, -0.2) is 0 Å². The van der Waals surface area contributed by atoms with E-state index in [1.54, 1.807) is 53.5 Å². The fourth-order valence-electron chi connectivity index (χ4n) is 8.92. The Labute approximate surface area is 550 Å². The first-order valence-corrected chi connectivity index (χ1v) is 29.5. The van der Waals surface area contributed by atoms with Gasteiger partial charge in [0.05, 0.1) is 55.0 Å². The maximum absolute atomic E-state index is 13.3. The number of non-ortho nitro benzene ring substituents is 4. The molecule has 2 aliphatic rings. The Morgan fingerprint density at radius 1 is 0.557 bits per heavy atom. The van der Waals surface area contributed by atoms with E-state index in [1.807, 2.05) is 0 Å². The van der Waals surface area contributed by atoms with Crippen LogP contribution in [0.2, 0.25) is 0 Å². The largest absolute Gasteiger partial charge is 0.460 e. The molecule has 2 heterocycles. The maximum Gasteiger partial charge on any atom is 0.416 e. The van der Waals surface area contributed by atoms with Crippen LogP contribution in [0.5, 0.6) is 0 Å². The van der Waals surface area contributed by atoms with Crippen molar-refractivity contribution in [2.24, 2.45) is 0 Å². The van der Waals surface area contributed by atoms with Gasteiger partial charge in [-0.05, 0) is 108 Å². The molecule has 2 aliphatic heterocycles. The van der Waals surface area contributed by atoms with Gasteiger partial charge >= 0.3 is 36.6 Å². The van der Waals surface area contributed by atoms with Crippen LogP contribution in [-0.4, -0.2) is 145 Å². The second-order valence-corrected chi connectivity index (χ2v) is 23.7. The van der Waals surface area contributed by atoms with Crippen LogP contribution in [-0.2, 0) is 84.3 Å². The molecule has 2 fully saturated rings. The van der Waals surface area contributed by atoms with Crippen molar-refractivity contribution in [3.8, 4) is 0 Å². The summed E-state index contributed by atoms with van der Waals surface area (Å²) in [7, 11) is 1.75. The van der Waals surface area contributed by atoms with Gasteiger partial charge in [-0.3, -0.25) is 69.3 Å². The summed E-state index contributed by atoms with van der Waals surface area (Å²) >= 11 is 5.54. The summed E-state index contributed by atoms with van der Waals surface area (Å²) in [6.07, 6.45) is -18.3. The molecule has 97 heavy (non-hydrogen) atoms. The standard InChI is InChI=1S/C18H22ClF3N2O5.C16H21F3N2O4.C13H14F3N3O3.C12H12F3N3O3/c1-17(2,3)29-16(26)5-4-8-23(15(25)10-19)11-12-6-7-13(24(27)28)9-14(12)18(20,21)22;1-15(2,3)25-14(22)5-4-8-20-10-11-6-7-12(21(23)24)9-13(11)16(17,18)19;1-17-4-5-18(12(20)8-17)7-9-2-3-10(19(21)22)6-11(9)13(14,15)16;13-12(14,15)10-5-9(18(20)21)2-1-8(10)7-17-4-3-16-6-11(17)19/h6-7,9H,4-5,8,10-11H2,1-3H3;6-7,9,20H,4-5,8,10H2,1-3H3;2-3,6H,4-5,7-8H2,1H3;1-2,5,16H,3-4,6-7H2. The summed E-state index contributed by atoms with van der Waals surface area (Å²) in [5.41, 5.74) is -8.91. The molecule has 4 aromatic rings. The molecule has 2 N–H and O–H groups in total. The highest BCUT2D eigenvalue weighted by molar-refractivity contribution is 6.27. The number of nitro groups is 4. The van der Waals surface area contributed by atoms with E-state index in [0.717, 1.165) is 53.4 Å². The summed E-state index contributed by atoms with van der Waals surface area (Å²) in [5.74, 6) is -2.51. The van der Waals surface area contributed by atoms with E-state index in [1.165, 1.54) is 9.80 Å². The van der Waals surface area contributed by atoms with E-state index in [9.17, 15) is 117 Å². The third kappa shape index (κ3) is 28.4. The van der Waals surface area contributed by atoms with Crippen LogP contribution < -0.4 is 10.6 Å². The average Bonchev–Trinajstić information content (AvgIpc) is 0.829. The number of piperazine rings is 2. The lowest BCUT2D eigenvalue weighted by Crippen LogP contribution is -2.48. The Bertz CT molecular complexity index is 3450. The van der Waals surface area contributed by atoms with Gasteiger partial charge in [0.1, 0.15) is 17.1 Å². The van der Waals surface area contributed by atoms with Gasteiger partial charge in [-0.15, -0.1) is 11.6 Å². The first-order valence-electron chi connectivity index (χ1n) is 28.9. The number of hydrogen-bond acceptors (Lipinski definition) is 18. The molecule has 25 nitrogen and oxygen atoms in total. The molecule has 38 heteroatoms. The SMILES string of the molecule is CC(C)(C)OC(=O)CCCN(Cc1ccc([N+](=O)[O-])cc1C(F)(F)F)C(=O)CCl.CC(C)(C)OC(=O)CCCNCc1ccc([N+](=O)[O-])cc1C(F)(F)F.CN1CCN(Cc2ccc([N+](=O)[O-])cc2C(F)(F)F)C(=O)C1.O=C1CNCCN1Cc1ccc([N+](=O)[O-])cc1C(F)(F)F. The zero-order valence-corrected chi connectivity index (χ0v) is 53.8. The molecular weight excluding hydrogens is 1350 g/mol. The van der Waals surface area contributed by atoms with Crippen LogP contribution in [0, 0.1) is 40.5 Å². The highest BCUT2D eigenvalue weighted by Gasteiger charge is 2.40. The number of rotatable bonds is 21. The van der Waals surface area contributed by atoms with E-state index in [2.05, 4.69) is 10.6 Å². The van der Waals surface area contributed by atoms with Gasteiger partial charge in [-0.1, -0.05) is 6.07 Å². The first kappa shape index (κ1) is 82.4. The number of esters is 2. The van der Waals surface area contributed by atoms with Crippen molar-refractivity contribution >= 4 is 64.0 Å². The van der Waals surface area contributed by atoms with Gasteiger partial charge in [0.25, 0.3) is 22.7 Å². The van der Waals surface area contributed by atoms with E-state index in [0.29, 0.717) is 63.4 Å². The Hall–Kier alpha value is -8.84. The minimum Gasteiger partial charge on any atom is -0.460 e. The molecule has 0 unspecified atom stereocenters. The van der Waals surface area contributed by atoms with Crippen LogP contribution >= 0.6 is 11.6 Å². The third-order valence-corrected chi connectivity index (χ3v) is 13.6. The molecule has 536 valence electrons. The van der Waals surface area contributed by atoms with Gasteiger partial charge in [0, 0.05) is 120 Å². The topological polar surface area (TPSA) is 313 Å². The summed E-state index contributed by atoms with van der Waals surface area (Å²) in [5, 5.41) is 48.3. The zero-order chi connectivity index (χ0) is 73.8. The minimum atomic E-state index is -4.84. The number of nitrogens with one attached hydrogen (secondary N) is 2. The van der Waals surface area contributed by atoms with Gasteiger partial charge < -0.3 is 34.8 Å². The Morgan fingerprint density at radius 2 is 0.928 bits per heavy atom. The Kier molecular flexibility index (Phi) is 30.1. The Balaban J connectivity index is 0.000000339. The number of benzene rings is 4. The van der Waals surface area contributed by atoms with Crippen LogP contribution in [0.1, 0.15) is 112 Å². The summed E-state index contributed by atoms with van der Waals surface area (Å²) in [6, 6.07) is 10.1. The first-order chi connectivity index (χ1) is 44.6. The molecule has 6 rings (SSSR count). The van der Waals surface area contributed by atoms with E-state index in [4.69, 9.17) is 21.1 Å². The van der Waals surface area contributed by atoms with Crippen molar-refractivity contribution in [3.63, 3.8) is 0 Å². The quantitative estimate of drug-likeness (QED) is 0.0195. The molecule has 0 atom stereocenters. The predicted molar refractivity (Wildman–Crippen MR) is 322 cm³/mol. The molecular formula is C59H69ClF12N10O15.